The number of hydrogen-bond donors (Lipinski definition) is 2. The van der Waals surface area contributed by atoms with Gasteiger partial charge in [-0.15, -0.1) is 0 Å². The molecule has 2 N–H and O–H groups in total. The summed E-state index contributed by atoms with van der Waals surface area (Å²) in [4.78, 5) is 10.8. The number of aliphatic hydroxyl groups excluding tert-OH is 1. The van der Waals surface area contributed by atoms with E-state index in [9.17, 15) is 23.1 Å². The van der Waals surface area contributed by atoms with Crippen LogP contribution in [0.25, 0.3) is 0 Å². The number of fused-ring (bicyclic) bond motifs is 1. The smallest absolute Gasteiger partial charge is 0.388 e. The van der Waals surface area contributed by atoms with Crippen molar-refractivity contribution in [3.63, 3.8) is 0 Å². The van der Waals surface area contributed by atoms with Crippen LogP contribution < -0.4 is 5.32 Å². The summed E-state index contributed by atoms with van der Waals surface area (Å²) >= 11 is 0. The predicted molar refractivity (Wildman–Crippen MR) is 53.0 cm³/mol. The van der Waals surface area contributed by atoms with Gasteiger partial charge in [0.2, 0.25) is 0 Å². The minimum absolute atomic E-state index is 0.0706. The van der Waals surface area contributed by atoms with E-state index in [0.29, 0.717) is 11.1 Å². The number of carbonyl (C=O) groups is 1. The number of benzene rings is 1. The first-order valence-electron chi connectivity index (χ1n) is 5.04. The quantitative estimate of drug-likeness (QED) is 0.793. The van der Waals surface area contributed by atoms with Crippen LogP contribution in [-0.2, 0) is 4.79 Å². The molecule has 92 valence electrons. The number of nitrogens with one attached hydrogen (secondary N) is 1. The van der Waals surface area contributed by atoms with Gasteiger partial charge in [-0.25, -0.2) is 0 Å². The molecule has 0 unspecified atom stereocenters. The van der Waals surface area contributed by atoms with Crippen molar-refractivity contribution in [2.75, 3.05) is 0 Å². The average Bonchev–Trinajstić information content (AvgIpc) is 2.56. The maximum Gasteiger partial charge on any atom is 0.471 e. The molecule has 17 heavy (non-hydrogen) atoms. The molecular formula is C11H10F3NO2. The van der Waals surface area contributed by atoms with Crippen LogP contribution in [-0.4, -0.2) is 17.2 Å². The summed E-state index contributed by atoms with van der Waals surface area (Å²) in [7, 11) is 0. The van der Waals surface area contributed by atoms with Crippen LogP contribution in [0.15, 0.2) is 24.3 Å². The van der Waals surface area contributed by atoms with Gasteiger partial charge in [0.15, 0.2) is 0 Å². The summed E-state index contributed by atoms with van der Waals surface area (Å²) in [5.74, 6) is -1.98. The third-order valence-electron chi connectivity index (χ3n) is 2.75. The molecule has 1 aliphatic carbocycles. The largest absolute Gasteiger partial charge is 0.471 e. The molecule has 0 aromatic heterocycles. The summed E-state index contributed by atoms with van der Waals surface area (Å²) in [6.07, 6.45) is -5.66. The topological polar surface area (TPSA) is 49.3 Å². The maximum absolute atomic E-state index is 12.1. The number of aliphatic hydroxyl groups is 1. The number of carbonyl (C=O) groups excluding carboxylic acids is 1. The average molecular weight is 245 g/mol. The van der Waals surface area contributed by atoms with Crippen LogP contribution in [0.2, 0.25) is 0 Å². The van der Waals surface area contributed by atoms with E-state index < -0.39 is 24.2 Å². The lowest BCUT2D eigenvalue weighted by atomic mass is 10.1. The monoisotopic (exact) mass is 245 g/mol. The summed E-state index contributed by atoms with van der Waals surface area (Å²) in [6.45, 7) is 0. The van der Waals surface area contributed by atoms with Crippen LogP contribution in [0.4, 0.5) is 13.2 Å². The highest BCUT2D eigenvalue weighted by Crippen LogP contribution is 2.38. The Labute approximate surface area is 95.3 Å². The standard InChI is InChI=1S/C11H10F3NO2/c12-11(13,14)10(17)15-8-5-9(16)7-4-2-1-3-6(7)8/h1-4,8-9,16H,5H2,(H,15,17)/t8-,9-/m1/s1. The van der Waals surface area contributed by atoms with Crippen LogP contribution in [0.5, 0.6) is 0 Å². The number of alkyl halides is 3. The molecular weight excluding hydrogens is 235 g/mol. The van der Waals surface area contributed by atoms with Gasteiger partial charge in [0.1, 0.15) is 0 Å². The minimum atomic E-state index is -4.90. The molecule has 0 saturated carbocycles. The molecule has 0 fully saturated rings. The lowest BCUT2D eigenvalue weighted by molar-refractivity contribution is -0.174. The van der Waals surface area contributed by atoms with E-state index in [1.54, 1.807) is 24.3 Å². The first kappa shape index (κ1) is 11.9. The Hall–Kier alpha value is -1.56. The highest BCUT2D eigenvalue weighted by atomic mass is 19.4. The summed E-state index contributed by atoms with van der Waals surface area (Å²) in [5.41, 5.74) is 1.11. The van der Waals surface area contributed by atoms with Crippen LogP contribution in [0, 0.1) is 0 Å². The fourth-order valence-corrected chi connectivity index (χ4v) is 1.99. The Kier molecular flexibility index (Phi) is 2.82. The Bertz CT molecular complexity index is 445. The second-order valence-electron chi connectivity index (χ2n) is 3.90. The molecule has 0 bridgehead atoms. The number of rotatable bonds is 1. The fraction of sp³-hybridized carbons (Fsp3) is 0.364. The van der Waals surface area contributed by atoms with Gasteiger partial charge >= 0.3 is 12.1 Å². The SMILES string of the molecule is O=C(N[C@@H]1C[C@@H](O)c2ccccc21)C(F)(F)F. The van der Waals surface area contributed by atoms with E-state index in [4.69, 9.17) is 0 Å². The van der Waals surface area contributed by atoms with Gasteiger partial charge < -0.3 is 10.4 Å². The van der Waals surface area contributed by atoms with E-state index in [1.807, 2.05) is 5.32 Å². The van der Waals surface area contributed by atoms with Gasteiger partial charge in [-0.3, -0.25) is 4.79 Å². The second kappa shape index (κ2) is 4.03. The molecule has 0 aliphatic heterocycles. The normalized spacial score (nSPS) is 23.3. The highest BCUT2D eigenvalue weighted by molar-refractivity contribution is 5.82. The Morgan fingerprint density at radius 2 is 1.88 bits per heavy atom. The molecule has 0 spiro atoms. The van der Waals surface area contributed by atoms with Crippen molar-refractivity contribution in [2.24, 2.45) is 0 Å². The van der Waals surface area contributed by atoms with Gasteiger partial charge in [0.25, 0.3) is 0 Å². The molecule has 2 atom stereocenters. The van der Waals surface area contributed by atoms with Crippen molar-refractivity contribution in [1.82, 2.24) is 5.32 Å². The van der Waals surface area contributed by atoms with Crippen molar-refractivity contribution in [3.05, 3.63) is 35.4 Å². The molecule has 0 radical (unpaired) electrons. The highest BCUT2D eigenvalue weighted by Gasteiger charge is 2.41. The number of halogens is 3. The zero-order valence-corrected chi connectivity index (χ0v) is 8.66. The number of amides is 1. The van der Waals surface area contributed by atoms with Crippen molar-refractivity contribution >= 4 is 5.91 Å². The third-order valence-corrected chi connectivity index (χ3v) is 2.75. The molecule has 2 rings (SSSR count). The summed E-state index contributed by atoms with van der Waals surface area (Å²) < 4.78 is 36.3. The molecule has 0 saturated heterocycles. The van der Waals surface area contributed by atoms with Gasteiger partial charge in [0.05, 0.1) is 12.1 Å². The summed E-state index contributed by atoms with van der Waals surface area (Å²) in [5, 5.41) is 11.5. The Morgan fingerprint density at radius 3 is 2.47 bits per heavy atom. The molecule has 1 aromatic carbocycles. The van der Waals surface area contributed by atoms with Crippen LogP contribution in [0.3, 0.4) is 0 Å². The van der Waals surface area contributed by atoms with Gasteiger partial charge in [0, 0.05) is 6.42 Å². The Morgan fingerprint density at radius 1 is 1.29 bits per heavy atom. The zero-order chi connectivity index (χ0) is 12.6. The zero-order valence-electron chi connectivity index (χ0n) is 8.66. The van der Waals surface area contributed by atoms with Gasteiger partial charge in [-0.1, -0.05) is 24.3 Å². The maximum atomic E-state index is 12.1. The van der Waals surface area contributed by atoms with Gasteiger partial charge in [-0.05, 0) is 11.1 Å². The van der Waals surface area contributed by atoms with Crippen molar-refractivity contribution < 1.29 is 23.1 Å². The molecule has 6 heteroatoms. The molecule has 1 aliphatic rings. The van der Waals surface area contributed by atoms with Crippen LogP contribution >= 0.6 is 0 Å². The molecule has 0 heterocycles. The minimum Gasteiger partial charge on any atom is -0.388 e. The van der Waals surface area contributed by atoms with Crippen molar-refractivity contribution in [1.29, 1.82) is 0 Å². The van der Waals surface area contributed by atoms with E-state index in [0.717, 1.165) is 0 Å². The summed E-state index contributed by atoms with van der Waals surface area (Å²) in [6, 6.07) is 5.81. The third kappa shape index (κ3) is 2.26. The lowest BCUT2D eigenvalue weighted by Gasteiger charge is -2.15. The van der Waals surface area contributed by atoms with Gasteiger partial charge in [-0.2, -0.15) is 13.2 Å². The van der Waals surface area contributed by atoms with E-state index in [2.05, 4.69) is 0 Å². The predicted octanol–water partition coefficient (Wildman–Crippen LogP) is 1.84. The van der Waals surface area contributed by atoms with E-state index in [-0.39, 0.29) is 6.42 Å². The number of hydrogen-bond acceptors (Lipinski definition) is 2. The molecule has 3 nitrogen and oxygen atoms in total. The Balaban J connectivity index is 2.18. The fourth-order valence-electron chi connectivity index (χ4n) is 1.99. The molecule has 1 aromatic rings. The van der Waals surface area contributed by atoms with E-state index in [1.165, 1.54) is 0 Å². The molecule has 1 amide bonds. The lowest BCUT2D eigenvalue weighted by Crippen LogP contribution is -2.38. The van der Waals surface area contributed by atoms with E-state index >= 15 is 0 Å². The second-order valence-corrected chi connectivity index (χ2v) is 3.90. The van der Waals surface area contributed by atoms with Crippen LogP contribution in [0.1, 0.15) is 29.7 Å². The van der Waals surface area contributed by atoms with Crippen molar-refractivity contribution in [3.8, 4) is 0 Å². The first-order valence-corrected chi connectivity index (χ1v) is 5.04. The first-order chi connectivity index (χ1) is 7.89. The van der Waals surface area contributed by atoms with Crippen molar-refractivity contribution in [2.45, 2.75) is 24.7 Å².